The Bertz CT molecular complexity index is 1080. The van der Waals surface area contributed by atoms with Crippen molar-refractivity contribution in [1.29, 1.82) is 0 Å². The van der Waals surface area contributed by atoms with Gasteiger partial charge in [-0.15, -0.1) is 0 Å². The summed E-state index contributed by atoms with van der Waals surface area (Å²) in [7, 11) is 0. The van der Waals surface area contributed by atoms with Crippen LogP contribution in [0.25, 0.3) is 0 Å². The van der Waals surface area contributed by atoms with Crippen LogP contribution in [0.4, 0.5) is 4.39 Å². The molecule has 3 aromatic rings. The third-order valence-electron chi connectivity index (χ3n) is 3.67. The van der Waals surface area contributed by atoms with Crippen molar-refractivity contribution >= 4 is 18.4 Å². The Morgan fingerprint density at radius 2 is 2.07 bits per heavy atom. The van der Waals surface area contributed by atoms with Crippen LogP contribution in [0.15, 0.2) is 58.6 Å². The van der Waals surface area contributed by atoms with Gasteiger partial charge in [0.2, 0.25) is 4.77 Å². The van der Waals surface area contributed by atoms with Crippen molar-refractivity contribution < 1.29 is 13.9 Å². The van der Waals surface area contributed by atoms with Gasteiger partial charge in [-0.3, -0.25) is 9.89 Å². The lowest BCUT2D eigenvalue weighted by Crippen LogP contribution is -2.18. The first kappa shape index (κ1) is 19.4. The van der Waals surface area contributed by atoms with Crippen LogP contribution in [0.2, 0.25) is 0 Å². The molecule has 0 atom stereocenters. The number of hydrogen-bond acceptors (Lipinski definition) is 6. The van der Waals surface area contributed by atoms with Crippen LogP contribution < -0.4 is 15.0 Å². The van der Waals surface area contributed by atoms with E-state index in [-0.39, 0.29) is 17.2 Å². The Labute approximate surface area is 165 Å². The van der Waals surface area contributed by atoms with E-state index in [2.05, 4.69) is 15.3 Å². The maximum atomic E-state index is 13.8. The first-order valence-electron chi connectivity index (χ1n) is 8.42. The zero-order valence-electron chi connectivity index (χ0n) is 15.0. The van der Waals surface area contributed by atoms with Gasteiger partial charge in [0.25, 0.3) is 5.56 Å². The van der Waals surface area contributed by atoms with E-state index in [4.69, 9.17) is 21.7 Å². The molecule has 0 aliphatic rings. The fraction of sp³-hybridized carbons (Fsp3) is 0.158. The first-order valence-corrected chi connectivity index (χ1v) is 8.83. The molecule has 0 radical (unpaired) electrons. The molecule has 0 aliphatic heterocycles. The maximum Gasteiger partial charge on any atom is 0.293 e. The van der Waals surface area contributed by atoms with Crippen molar-refractivity contribution in [2.45, 2.75) is 13.5 Å². The highest BCUT2D eigenvalue weighted by atomic mass is 32.1. The summed E-state index contributed by atoms with van der Waals surface area (Å²) in [6.07, 6.45) is 2.55. The number of nitrogens with zero attached hydrogens (tertiary/aromatic N) is 3. The van der Waals surface area contributed by atoms with E-state index in [1.165, 1.54) is 12.3 Å². The summed E-state index contributed by atoms with van der Waals surface area (Å²) in [6, 6.07) is 11.6. The number of aromatic amines is 1. The van der Waals surface area contributed by atoms with E-state index in [1.54, 1.807) is 36.4 Å². The van der Waals surface area contributed by atoms with Crippen LogP contribution in [-0.2, 0) is 6.61 Å². The lowest BCUT2D eigenvalue weighted by Gasteiger charge is -2.13. The zero-order chi connectivity index (χ0) is 19.9. The first-order chi connectivity index (χ1) is 13.6. The van der Waals surface area contributed by atoms with Gasteiger partial charge in [0.15, 0.2) is 11.5 Å². The van der Waals surface area contributed by atoms with Gasteiger partial charge in [-0.2, -0.15) is 14.9 Å². The van der Waals surface area contributed by atoms with E-state index in [0.717, 1.165) is 10.9 Å². The molecule has 0 fully saturated rings. The smallest absolute Gasteiger partial charge is 0.293 e. The summed E-state index contributed by atoms with van der Waals surface area (Å²) in [6.45, 7) is 2.34. The largest absolute Gasteiger partial charge is 0.490 e. The quantitative estimate of drug-likeness (QED) is 0.486. The third kappa shape index (κ3) is 4.68. The van der Waals surface area contributed by atoms with Crippen molar-refractivity contribution in [3.8, 4) is 11.5 Å². The summed E-state index contributed by atoms with van der Waals surface area (Å²) in [5.41, 5.74) is 0.663. The highest BCUT2D eigenvalue weighted by molar-refractivity contribution is 7.71. The third-order valence-corrected chi connectivity index (χ3v) is 3.93. The van der Waals surface area contributed by atoms with Gasteiger partial charge >= 0.3 is 0 Å². The molecule has 0 bridgehead atoms. The Hall–Kier alpha value is -3.33. The molecule has 0 saturated heterocycles. The minimum Gasteiger partial charge on any atom is -0.490 e. The second-order valence-corrected chi connectivity index (χ2v) is 5.98. The minimum absolute atomic E-state index is 0.0712. The Balaban J connectivity index is 1.82. The van der Waals surface area contributed by atoms with Crippen molar-refractivity contribution in [3.05, 3.63) is 80.7 Å². The van der Waals surface area contributed by atoms with E-state index in [9.17, 15) is 9.18 Å². The van der Waals surface area contributed by atoms with Crippen LogP contribution in [-0.4, -0.2) is 27.7 Å². The average Bonchev–Trinajstić information content (AvgIpc) is 2.68. The van der Waals surface area contributed by atoms with Crippen molar-refractivity contribution in [2.24, 2.45) is 5.10 Å². The van der Waals surface area contributed by atoms with Gasteiger partial charge in [0.1, 0.15) is 18.6 Å². The monoisotopic (exact) mass is 400 g/mol. The standard InChI is InChI=1S/C19H17FN4O3S/c1-2-26-17-9-13(10-22-24-18(25)11-21-23-19(24)28)7-8-16(17)27-12-14-5-3-4-6-15(14)20/h3-11H,2,12H2,1H3,(H,23,28)/b22-10+. The number of nitrogens with one attached hydrogen (secondary N) is 1. The van der Waals surface area contributed by atoms with Crippen LogP contribution in [0.5, 0.6) is 11.5 Å². The molecule has 1 N–H and O–H groups in total. The van der Waals surface area contributed by atoms with Gasteiger partial charge in [-0.25, -0.2) is 4.39 Å². The van der Waals surface area contributed by atoms with Crippen LogP contribution in [0.3, 0.4) is 0 Å². The fourth-order valence-electron chi connectivity index (χ4n) is 2.34. The Morgan fingerprint density at radius 1 is 1.25 bits per heavy atom. The molecule has 3 rings (SSSR count). The molecule has 0 aliphatic carbocycles. The molecular formula is C19H17FN4O3S. The van der Waals surface area contributed by atoms with Gasteiger partial charge in [-0.05, 0) is 49.0 Å². The van der Waals surface area contributed by atoms with Gasteiger partial charge < -0.3 is 9.47 Å². The summed E-state index contributed by atoms with van der Waals surface area (Å²) in [5.74, 6) is 0.624. The second-order valence-electron chi connectivity index (χ2n) is 5.59. The lowest BCUT2D eigenvalue weighted by atomic mass is 10.2. The van der Waals surface area contributed by atoms with E-state index in [0.29, 0.717) is 29.2 Å². The molecule has 9 heteroatoms. The van der Waals surface area contributed by atoms with Crippen LogP contribution >= 0.6 is 12.2 Å². The molecule has 1 aromatic heterocycles. The summed E-state index contributed by atoms with van der Waals surface area (Å²) in [5, 5.41) is 10.2. The van der Waals surface area contributed by atoms with Crippen molar-refractivity contribution in [3.63, 3.8) is 0 Å². The van der Waals surface area contributed by atoms with Crippen molar-refractivity contribution in [2.75, 3.05) is 6.61 Å². The average molecular weight is 400 g/mol. The zero-order valence-corrected chi connectivity index (χ0v) is 15.8. The fourth-order valence-corrected chi connectivity index (χ4v) is 2.53. The molecule has 2 aromatic carbocycles. The summed E-state index contributed by atoms with van der Waals surface area (Å²) in [4.78, 5) is 11.8. The molecule has 0 spiro atoms. The summed E-state index contributed by atoms with van der Waals surface area (Å²) < 4.78 is 26.2. The number of H-pyrrole nitrogens is 1. The molecule has 28 heavy (non-hydrogen) atoms. The van der Waals surface area contributed by atoms with Gasteiger partial charge in [-0.1, -0.05) is 18.2 Å². The number of ether oxygens (including phenoxy) is 2. The van der Waals surface area contributed by atoms with E-state index in [1.807, 2.05) is 6.92 Å². The lowest BCUT2D eigenvalue weighted by molar-refractivity contribution is 0.266. The second kappa shape index (κ2) is 9.05. The normalized spacial score (nSPS) is 10.9. The highest BCUT2D eigenvalue weighted by Gasteiger charge is 2.08. The molecule has 0 amide bonds. The molecule has 7 nitrogen and oxygen atoms in total. The molecule has 144 valence electrons. The van der Waals surface area contributed by atoms with Gasteiger partial charge in [0, 0.05) is 5.56 Å². The van der Waals surface area contributed by atoms with Crippen LogP contribution in [0, 0.1) is 10.6 Å². The highest BCUT2D eigenvalue weighted by Crippen LogP contribution is 2.29. The Kier molecular flexibility index (Phi) is 6.28. The number of halogens is 1. The van der Waals surface area contributed by atoms with E-state index < -0.39 is 5.56 Å². The number of benzene rings is 2. The van der Waals surface area contributed by atoms with Gasteiger partial charge in [0.05, 0.1) is 12.8 Å². The topological polar surface area (TPSA) is 81.5 Å². The molecule has 1 heterocycles. The van der Waals surface area contributed by atoms with E-state index >= 15 is 0 Å². The Morgan fingerprint density at radius 3 is 2.82 bits per heavy atom. The predicted molar refractivity (Wildman–Crippen MR) is 105 cm³/mol. The maximum absolute atomic E-state index is 13.8. The predicted octanol–water partition coefficient (Wildman–Crippen LogP) is 3.30. The minimum atomic E-state index is -0.449. The number of rotatable bonds is 7. The molecule has 0 saturated carbocycles. The number of hydrogen-bond donors (Lipinski definition) is 1. The number of aromatic nitrogens is 3. The van der Waals surface area contributed by atoms with Crippen LogP contribution in [0.1, 0.15) is 18.1 Å². The van der Waals surface area contributed by atoms with Crippen molar-refractivity contribution in [1.82, 2.24) is 14.9 Å². The molecule has 0 unspecified atom stereocenters. The SMILES string of the molecule is CCOc1cc(/C=N/n2c(=O)cn[nH]c2=S)ccc1OCc1ccccc1F. The summed E-state index contributed by atoms with van der Waals surface area (Å²) >= 11 is 4.99. The molecular weight excluding hydrogens is 383 g/mol.